The SMILES string of the molecule is CC1(C)CCN(C(=O)c2cc(Cl)c(Cl)c(S(=O)(=O)Cl)c2)C1. The maximum absolute atomic E-state index is 12.5. The van der Waals surface area contributed by atoms with Crippen molar-refractivity contribution in [1.29, 1.82) is 0 Å². The normalized spacial score (nSPS) is 18.0. The van der Waals surface area contributed by atoms with Gasteiger partial charge in [-0.25, -0.2) is 8.42 Å². The summed E-state index contributed by atoms with van der Waals surface area (Å²) in [7, 11) is 1.25. The Hall–Kier alpha value is -0.490. The standard InChI is InChI=1S/C13H14Cl3NO3S/c1-13(2)3-4-17(7-13)12(18)8-5-9(14)11(15)10(6-8)21(16,19)20/h5-6H,3-4,7H2,1-2H3. The molecule has 1 amide bonds. The van der Waals surface area contributed by atoms with Gasteiger partial charge < -0.3 is 4.90 Å². The first-order valence-electron chi connectivity index (χ1n) is 6.24. The van der Waals surface area contributed by atoms with Crippen LogP contribution in [0.1, 0.15) is 30.6 Å². The Bertz CT molecular complexity index is 701. The lowest BCUT2D eigenvalue weighted by Gasteiger charge is -2.20. The fraction of sp³-hybridized carbons (Fsp3) is 0.462. The second kappa shape index (κ2) is 5.61. The minimum Gasteiger partial charge on any atom is -0.338 e. The van der Waals surface area contributed by atoms with Crippen molar-refractivity contribution >= 4 is 48.8 Å². The van der Waals surface area contributed by atoms with Crippen molar-refractivity contribution < 1.29 is 13.2 Å². The summed E-state index contributed by atoms with van der Waals surface area (Å²) in [6.45, 7) is 5.37. The molecule has 4 nitrogen and oxygen atoms in total. The average molecular weight is 371 g/mol. The first kappa shape index (κ1) is 16.9. The predicted octanol–water partition coefficient (Wildman–Crippen LogP) is 3.79. The Morgan fingerprint density at radius 3 is 2.38 bits per heavy atom. The lowest BCUT2D eigenvalue weighted by molar-refractivity contribution is 0.0778. The van der Waals surface area contributed by atoms with E-state index in [0.29, 0.717) is 13.1 Å². The van der Waals surface area contributed by atoms with Gasteiger partial charge in [0.25, 0.3) is 15.0 Å². The van der Waals surface area contributed by atoms with Crippen molar-refractivity contribution in [2.24, 2.45) is 5.41 Å². The van der Waals surface area contributed by atoms with E-state index < -0.39 is 9.05 Å². The fourth-order valence-electron chi connectivity index (χ4n) is 2.33. The molecule has 0 saturated carbocycles. The van der Waals surface area contributed by atoms with Crippen molar-refractivity contribution in [3.8, 4) is 0 Å². The summed E-state index contributed by atoms with van der Waals surface area (Å²) in [5.41, 5.74) is 0.217. The van der Waals surface area contributed by atoms with Crippen molar-refractivity contribution in [3.63, 3.8) is 0 Å². The Balaban J connectivity index is 2.42. The molecule has 0 aliphatic carbocycles. The molecule has 0 N–H and O–H groups in total. The molecule has 1 aliphatic heterocycles. The molecule has 1 aromatic carbocycles. The lowest BCUT2D eigenvalue weighted by Crippen LogP contribution is -2.30. The van der Waals surface area contributed by atoms with Gasteiger partial charge in [0.05, 0.1) is 10.0 Å². The van der Waals surface area contributed by atoms with E-state index >= 15 is 0 Å². The summed E-state index contributed by atoms with van der Waals surface area (Å²) >= 11 is 11.7. The minimum atomic E-state index is -4.07. The number of halogens is 3. The second-order valence-corrected chi connectivity index (χ2v) is 9.17. The van der Waals surface area contributed by atoms with Crippen LogP contribution in [0.3, 0.4) is 0 Å². The van der Waals surface area contributed by atoms with E-state index in [1.165, 1.54) is 12.1 Å². The van der Waals surface area contributed by atoms with E-state index in [4.69, 9.17) is 33.9 Å². The van der Waals surface area contributed by atoms with Crippen LogP contribution in [0, 0.1) is 5.41 Å². The van der Waals surface area contributed by atoms with Gasteiger partial charge in [0.1, 0.15) is 4.90 Å². The molecule has 8 heteroatoms. The van der Waals surface area contributed by atoms with E-state index in [1.807, 2.05) is 0 Å². The maximum atomic E-state index is 12.5. The Labute approximate surface area is 138 Å². The zero-order chi connectivity index (χ0) is 16.0. The number of rotatable bonds is 2. The Morgan fingerprint density at radius 1 is 1.29 bits per heavy atom. The molecule has 116 valence electrons. The van der Waals surface area contributed by atoms with Crippen molar-refractivity contribution in [3.05, 3.63) is 27.7 Å². The van der Waals surface area contributed by atoms with Crippen molar-refractivity contribution in [2.45, 2.75) is 25.2 Å². The molecule has 0 atom stereocenters. The zero-order valence-electron chi connectivity index (χ0n) is 11.5. The predicted molar refractivity (Wildman–Crippen MR) is 83.8 cm³/mol. The van der Waals surface area contributed by atoms with Crippen LogP contribution >= 0.6 is 33.9 Å². The van der Waals surface area contributed by atoms with Crippen LogP contribution < -0.4 is 0 Å². The van der Waals surface area contributed by atoms with E-state index in [-0.39, 0.29) is 31.8 Å². The van der Waals surface area contributed by atoms with Gasteiger partial charge in [-0.3, -0.25) is 4.79 Å². The molecule has 1 aliphatic rings. The zero-order valence-corrected chi connectivity index (χ0v) is 14.6. The van der Waals surface area contributed by atoms with Gasteiger partial charge in [-0.2, -0.15) is 0 Å². The van der Waals surface area contributed by atoms with Crippen LogP contribution in [-0.2, 0) is 9.05 Å². The number of carbonyl (C=O) groups is 1. The van der Waals surface area contributed by atoms with Crippen LogP contribution in [0.4, 0.5) is 0 Å². The van der Waals surface area contributed by atoms with Gasteiger partial charge in [0.15, 0.2) is 0 Å². The monoisotopic (exact) mass is 369 g/mol. The molecular formula is C13H14Cl3NO3S. The van der Waals surface area contributed by atoms with E-state index in [2.05, 4.69) is 13.8 Å². The summed E-state index contributed by atoms with van der Waals surface area (Å²) in [6.07, 6.45) is 0.890. The maximum Gasteiger partial charge on any atom is 0.262 e. The average Bonchev–Trinajstić information content (AvgIpc) is 2.70. The summed E-state index contributed by atoms with van der Waals surface area (Å²) in [6, 6.07) is 2.54. The molecule has 0 bridgehead atoms. The van der Waals surface area contributed by atoms with Gasteiger partial charge in [0.2, 0.25) is 0 Å². The smallest absolute Gasteiger partial charge is 0.262 e. The third-order valence-corrected chi connectivity index (χ3v) is 5.73. The Kier molecular flexibility index (Phi) is 4.51. The van der Waals surface area contributed by atoms with Gasteiger partial charge in [-0.1, -0.05) is 37.0 Å². The molecule has 1 fully saturated rings. The number of hydrogen-bond acceptors (Lipinski definition) is 3. The summed E-state index contributed by atoms with van der Waals surface area (Å²) in [5, 5.41) is -0.190. The van der Waals surface area contributed by atoms with E-state index in [0.717, 1.165) is 6.42 Å². The number of likely N-dealkylation sites (tertiary alicyclic amines) is 1. The van der Waals surface area contributed by atoms with Crippen LogP contribution in [0.2, 0.25) is 10.0 Å². The Morgan fingerprint density at radius 2 is 1.90 bits per heavy atom. The molecule has 0 spiro atoms. The number of hydrogen-bond donors (Lipinski definition) is 0. The highest BCUT2D eigenvalue weighted by molar-refractivity contribution is 8.13. The topological polar surface area (TPSA) is 54.5 Å². The first-order valence-corrected chi connectivity index (χ1v) is 9.31. The van der Waals surface area contributed by atoms with Gasteiger partial charge >= 0.3 is 0 Å². The number of carbonyl (C=O) groups excluding carboxylic acids is 1. The highest BCUT2D eigenvalue weighted by atomic mass is 35.7. The van der Waals surface area contributed by atoms with E-state index in [9.17, 15) is 13.2 Å². The molecular weight excluding hydrogens is 357 g/mol. The lowest BCUT2D eigenvalue weighted by atomic mass is 9.93. The van der Waals surface area contributed by atoms with Crippen LogP contribution in [0.25, 0.3) is 0 Å². The molecule has 0 unspecified atom stereocenters. The molecule has 1 saturated heterocycles. The third kappa shape index (κ3) is 3.65. The fourth-order valence-corrected chi connectivity index (χ4v) is 4.10. The molecule has 0 aromatic heterocycles. The van der Waals surface area contributed by atoms with Crippen LogP contribution in [0.15, 0.2) is 17.0 Å². The van der Waals surface area contributed by atoms with Crippen LogP contribution in [0.5, 0.6) is 0 Å². The summed E-state index contributed by atoms with van der Waals surface area (Å²) in [4.78, 5) is 13.8. The second-order valence-electron chi connectivity index (χ2n) is 5.85. The highest BCUT2D eigenvalue weighted by Gasteiger charge is 2.33. The molecule has 1 heterocycles. The molecule has 0 radical (unpaired) electrons. The first-order chi connectivity index (χ1) is 9.51. The summed E-state index contributed by atoms with van der Waals surface area (Å²) < 4.78 is 23.0. The van der Waals surface area contributed by atoms with Gasteiger partial charge in [0, 0.05) is 29.3 Å². The van der Waals surface area contributed by atoms with Gasteiger partial charge in [-0.05, 0) is 24.0 Å². The molecule has 2 rings (SSSR count). The van der Waals surface area contributed by atoms with Crippen molar-refractivity contribution in [2.75, 3.05) is 13.1 Å². The van der Waals surface area contributed by atoms with Crippen molar-refractivity contribution in [1.82, 2.24) is 4.90 Å². The third-order valence-electron chi connectivity index (χ3n) is 3.47. The summed E-state index contributed by atoms with van der Waals surface area (Å²) in [5.74, 6) is -0.277. The number of amides is 1. The van der Waals surface area contributed by atoms with E-state index in [1.54, 1.807) is 4.90 Å². The number of nitrogens with zero attached hydrogens (tertiary/aromatic N) is 1. The molecule has 1 aromatic rings. The largest absolute Gasteiger partial charge is 0.338 e. The highest BCUT2D eigenvalue weighted by Crippen LogP contribution is 2.34. The van der Waals surface area contributed by atoms with Crippen LogP contribution in [-0.4, -0.2) is 32.3 Å². The minimum absolute atomic E-state index is 0.0137. The quantitative estimate of drug-likeness (QED) is 0.744. The van der Waals surface area contributed by atoms with Gasteiger partial charge in [-0.15, -0.1) is 0 Å². The molecule has 21 heavy (non-hydrogen) atoms. The number of benzene rings is 1.